The van der Waals surface area contributed by atoms with Crippen molar-refractivity contribution in [3.05, 3.63) is 59.2 Å². The van der Waals surface area contributed by atoms with Crippen LogP contribution in [0.1, 0.15) is 88.8 Å². The highest BCUT2D eigenvalue weighted by Crippen LogP contribution is 2.41. The molecule has 234 valence electrons. The van der Waals surface area contributed by atoms with E-state index in [9.17, 15) is 19.5 Å². The van der Waals surface area contributed by atoms with Crippen molar-refractivity contribution in [1.29, 1.82) is 0 Å². The molecular weight excluding hydrogens is 544 g/mol. The van der Waals surface area contributed by atoms with Crippen molar-refractivity contribution in [3.8, 4) is 5.75 Å². The lowest BCUT2D eigenvalue weighted by Crippen LogP contribution is -2.35. The molecule has 2 aromatic rings. The normalized spacial score (nSPS) is 16.7. The van der Waals surface area contributed by atoms with E-state index in [0.717, 1.165) is 53.8 Å². The Hall–Kier alpha value is -3.39. The fraction of sp³-hybridized carbons (Fsp3) is 0.571. The van der Waals surface area contributed by atoms with E-state index in [1.54, 1.807) is 4.90 Å². The van der Waals surface area contributed by atoms with E-state index < -0.39 is 11.9 Å². The van der Waals surface area contributed by atoms with Crippen molar-refractivity contribution in [2.75, 3.05) is 31.2 Å². The zero-order chi connectivity index (χ0) is 30.9. The van der Waals surface area contributed by atoms with E-state index in [0.29, 0.717) is 52.0 Å². The van der Waals surface area contributed by atoms with E-state index in [1.807, 2.05) is 57.2 Å². The monoisotopic (exact) mass is 592 g/mol. The van der Waals surface area contributed by atoms with Gasteiger partial charge in [-0.2, -0.15) is 0 Å². The van der Waals surface area contributed by atoms with Gasteiger partial charge in [-0.15, -0.1) is 0 Å². The number of carbonyl (C=O) groups excluding carboxylic acids is 2. The first-order chi connectivity index (χ1) is 20.8. The van der Waals surface area contributed by atoms with Crippen LogP contribution in [-0.4, -0.2) is 54.3 Å². The summed E-state index contributed by atoms with van der Waals surface area (Å²) in [5.74, 6) is -1.16. The summed E-state index contributed by atoms with van der Waals surface area (Å²) in [6.45, 7) is 10.2. The van der Waals surface area contributed by atoms with Crippen molar-refractivity contribution < 1.29 is 29.1 Å². The van der Waals surface area contributed by atoms with Crippen LogP contribution in [0.25, 0.3) is 0 Å². The molecule has 8 heteroatoms. The van der Waals surface area contributed by atoms with Crippen molar-refractivity contribution in [2.45, 2.75) is 85.0 Å². The minimum absolute atomic E-state index is 0.00678. The maximum atomic E-state index is 13.3. The number of hydrogen-bond acceptors (Lipinski definition) is 5. The van der Waals surface area contributed by atoms with E-state index in [1.165, 1.54) is 5.06 Å². The Kier molecular flexibility index (Phi) is 11.6. The number of anilines is 1. The second kappa shape index (κ2) is 15.4. The van der Waals surface area contributed by atoms with Crippen LogP contribution in [0, 0.1) is 17.8 Å². The van der Waals surface area contributed by atoms with Gasteiger partial charge in [0.15, 0.2) is 0 Å². The van der Waals surface area contributed by atoms with Crippen LogP contribution >= 0.6 is 0 Å². The maximum absolute atomic E-state index is 13.3. The standard InChI is InChI=1S/C35H48N2O6/c1-5-16-37(43-18-6-2)33(39)21-25(7-3)20-29(26-12-13-31-28(22-26)15-19-42-31)34(35(40)41)24(4)14-17-36-30-11-9-8-10-27(30)23-32(36)38/h8-13,22,24-25,29,34H,5-7,14-21,23H2,1-4H3,(H,40,41)/t24-,25?,29+,34-/m0/s1. The van der Waals surface area contributed by atoms with Gasteiger partial charge >= 0.3 is 5.97 Å². The third-order valence-electron chi connectivity index (χ3n) is 8.99. The molecule has 0 bridgehead atoms. The SMILES string of the molecule is CCCON(CCC)C(=O)CC(CC)C[C@H](c1ccc2c(c1)CCO2)[C@@H](C(=O)O)[C@@H](C)CCN1C(=O)Cc2ccccc21. The van der Waals surface area contributed by atoms with Crippen molar-refractivity contribution in [3.63, 3.8) is 0 Å². The van der Waals surface area contributed by atoms with Crippen LogP contribution in [0.4, 0.5) is 5.69 Å². The summed E-state index contributed by atoms with van der Waals surface area (Å²) in [4.78, 5) is 46.8. The van der Waals surface area contributed by atoms with Crippen LogP contribution in [0.2, 0.25) is 0 Å². The summed E-state index contributed by atoms with van der Waals surface area (Å²) >= 11 is 0. The molecule has 43 heavy (non-hydrogen) atoms. The number of fused-ring (bicyclic) bond motifs is 2. The van der Waals surface area contributed by atoms with Gasteiger partial charge in [-0.05, 0) is 72.3 Å². The second-order valence-electron chi connectivity index (χ2n) is 12.1. The van der Waals surface area contributed by atoms with E-state index in [-0.39, 0.29) is 29.6 Å². The molecule has 1 N–H and O–H groups in total. The summed E-state index contributed by atoms with van der Waals surface area (Å²) in [6, 6.07) is 13.9. The number of rotatable bonds is 17. The molecule has 0 saturated carbocycles. The van der Waals surface area contributed by atoms with Gasteiger partial charge in [-0.25, -0.2) is 5.06 Å². The highest BCUT2D eigenvalue weighted by atomic mass is 16.7. The Morgan fingerprint density at radius 3 is 2.60 bits per heavy atom. The lowest BCUT2D eigenvalue weighted by atomic mass is 9.72. The zero-order valence-electron chi connectivity index (χ0n) is 26.2. The van der Waals surface area contributed by atoms with E-state index in [4.69, 9.17) is 9.57 Å². The Morgan fingerprint density at radius 2 is 1.88 bits per heavy atom. The van der Waals surface area contributed by atoms with Crippen molar-refractivity contribution in [1.82, 2.24) is 5.06 Å². The van der Waals surface area contributed by atoms with Crippen molar-refractivity contribution >= 4 is 23.5 Å². The predicted octanol–water partition coefficient (Wildman–Crippen LogP) is 6.41. The van der Waals surface area contributed by atoms with Gasteiger partial charge in [0, 0.05) is 31.6 Å². The molecule has 0 aliphatic carbocycles. The Bertz CT molecular complexity index is 1260. The molecule has 2 amide bonds. The summed E-state index contributed by atoms with van der Waals surface area (Å²) in [5, 5.41) is 12.2. The number of hydrogen-bond donors (Lipinski definition) is 1. The van der Waals surface area contributed by atoms with Gasteiger partial charge < -0.3 is 14.7 Å². The molecule has 4 atom stereocenters. The van der Waals surface area contributed by atoms with Crippen LogP contribution < -0.4 is 9.64 Å². The minimum Gasteiger partial charge on any atom is -0.493 e. The fourth-order valence-electron chi connectivity index (χ4n) is 6.58. The Labute approximate surface area is 256 Å². The van der Waals surface area contributed by atoms with Crippen LogP contribution in [0.15, 0.2) is 42.5 Å². The third kappa shape index (κ3) is 7.96. The number of carboxylic acids is 1. The smallest absolute Gasteiger partial charge is 0.307 e. The number of benzene rings is 2. The van der Waals surface area contributed by atoms with Gasteiger partial charge in [0.2, 0.25) is 11.8 Å². The minimum atomic E-state index is -0.845. The molecule has 4 rings (SSSR count). The number of nitrogens with zero attached hydrogens (tertiary/aromatic N) is 2. The molecule has 0 spiro atoms. The third-order valence-corrected chi connectivity index (χ3v) is 8.99. The number of carbonyl (C=O) groups is 3. The first kappa shape index (κ1) is 32.5. The number of carboxylic acid groups (broad SMARTS) is 1. The van der Waals surface area contributed by atoms with E-state index >= 15 is 0 Å². The highest BCUT2D eigenvalue weighted by Gasteiger charge is 2.37. The Morgan fingerprint density at radius 1 is 1.09 bits per heavy atom. The van der Waals surface area contributed by atoms with Gasteiger partial charge in [0.1, 0.15) is 5.75 Å². The lowest BCUT2D eigenvalue weighted by Gasteiger charge is -2.33. The van der Waals surface area contributed by atoms with Crippen LogP contribution in [0.3, 0.4) is 0 Å². The average Bonchev–Trinajstić information content (AvgIpc) is 3.59. The predicted molar refractivity (Wildman–Crippen MR) is 167 cm³/mol. The van der Waals surface area contributed by atoms with Crippen LogP contribution in [0.5, 0.6) is 5.75 Å². The first-order valence-corrected chi connectivity index (χ1v) is 16.1. The molecule has 0 fully saturated rings. The quantitative estimate of drug-likeness (QED) is 0.213. The number of aliphatic carboxylic acids is 1. The summed E-state index contributed by atoms with van der Waals surface area (Å²) < 4.78 is 5.74. The molecule has 2 heterocycles. The summed E-state index contributed by atoms with van der Waals surface area (Å²) in [7, 11) is 0. The van der Waals surface area contributed by atoms with E-state index in [2.05, 4.69) is 13.0 Å². The lowest BCUT2D eigenvalue weighted by molar-refractivity contribution is -0.187. The maximum Gasteiger partial charge on any atom is 0.307 e. The second-order valence-corrected chi connectivity index (χ2v) is 12.1. The van der Waals surface area contributed by atoms with Gasteiger partial charge in [0.05, 0.1) is 25.6 Å². The average molecular weight is 593 g/mol. The highest BCUT2D eigenvalue weighted by molar-refractivity contribution is 6.01. The molecule has 2 aromatic carbocycles. The van der Waals surface area contributed by atoms with Gasteiger partial charge in [-0.1, -0.05) is 64.4 Å². The largest absolute Gasteiger partial charge is 0.493 e. The zero-order valence-corrected chi connectivity index (χ0v) is 26.2. The molecule has 1 unspecified atom stereocenters. The molecular formula is C35H48N2O6. The van der Waals surface area contributed by atoms with Gasteiger partial charge in [-0.3, -0.25) is 19.2 Å². The molecule has 0 radical (unpaired) electrons. The topological polar surface area (TPSA) is 96.4 Å². The van der Waals surface area contributed by atoms with Crippen molar-refractivity contribution in [2.24, 2.45) is 17.8 Å². The first-order valence-electron chi connectivity index (χ1n) is 16.1. The molecule has 2 aliphatic rings. The summed E-state index contributed by atoms with van der Waals surface area (Å²) in [6.07, 6.45) is 5.01. The molecule has 0 aromatic heterocycles. The van der Waals surface area contributed by atoms with Gasteiger partial charge in [0.25, 0.3) is 0 Å². The molecule has 8 nitrogen and oxygen atoms in total. The number of para-hydroxylation sites is 1. The Balaban J connectivity index is 1.57. The van der Waals surface area contributed by atoms with Crippen LogP contribution in [-0.2, 0) is 32.1 Å². The molecule has 2 aliphatic heterocycles. The molecule has 0 saturated heterocycles. The fourth-order valence-corrected chi connectivity index (χ4v) is 6.58. The number of hydroxylamine groups is 2. The number of ether oxygens (including phenoxy) is 1. The summed E-state index contributed by atoms with van der Waals surface area (Å²) in [5.41, 5.74) is 4.02. The number of amides is 2.